The zero-order chi connectivity index (χ0) is 16.2. The normalized spacial score (nSPS) is 32.3. The van der Waals surface area contributed by atoms with Gasteiger partial charge in [-0.2, -0.15) is 0 Å². The van der Waals surface area contributed by atoms with Crippen molar-refractivity contribution in [1.82, 2.24) is 0 Å². The molecule has 1 N–H and O–H groups in total. The fraction of sp³-hybridized carbons (Fsp3) is 0.579. The van der Waals surface area contributed by atoms with Gasteiger partial charge < -0.3 is 5.32 Å². The second-order valence-corrected chi connectivity index (χ2v) is 7.64. The Morgan fingerprint density at radius 3 is 2.23 bits per heavy atom. The number of carbonyl (C=O) groups excluding carboxylic acids is 2. The lowest BCUT2D eigenvalue weighted by molar-refractivity contribution is -0.131. The fourth-order valence-electron chi connectivity index (χ4n) is 4.44. The van der Waals surface area contributed by atoms with Crippen molar-refractivity contribution >= 4 is 17.4 Å². The molecule has 2 fully saturated rings. The maximum atomic E-state index is 13.0. The third-order valence-electron chi connectivity index (χ3n) is 6.76. The van der Waals surface area contributed by atoms with Gasteiger partial charge in [0.25, 0.3) is 0 Å². The van der Waals surface area contributed by atoms with Gasteiger partial charge in [0.2, 0.25) is 5.91 Å². The molecule has 1 aromatic rings. The molecule has 0 unspecified atom stereocenters. The zero-order valence-corrected chi connectivity index (χ0v) is 14.0. The number of hydrogen-bond donors (Lipinski definition) is 1. The number of Topliss-reactive ketones (excluding diaryl/α,β-unsaturated/α-hetero) is 1. The van der Waals surface area contributed by atoms with Crippen LogP contribution in [0.25, 0.3) is 0 Å². The van der Waals surface area contributed by atoms with E-state index >= 15 is 0 Å². The quantitative estimate of drug-likeness (QED) is 0.918. The summed E-state index contributed by atoms with van der Waals surface area (Å²) in [6, 6.07) is 7.98. The first-order chi connectivity index (χ1) is 10.3. The predicted octanol–water partition coefficient (Wildman–Crippen LogP) is 3.97. The van der Waals surface area contributed by atoms with Gasteiger partial charge in [-0.25, -0.2) is 0 Å². The molecule has 0 radical (unpaired) electrons. The first-order valence-electron chi connectivity index (χ1n) is 8.20. The fourth-order valence-corrected chi connectivity index (χ4v) is 4.44. The maximum Gasteiger partial charge on any atom is 0.231 e. The largest absolute Gasteiger partial charge is 0.326 e. The molecule has 3 heteroatoms. The van der Waals surface area contributed by atoms with Crippen molar-refractivity contribution in [2.24, 2.45) is 16.2 Å². The van der Waals surface area contributed by atoms with Crippen LogP contribution in [-0.4, -0.2) is 11.7 Å². The molecule has 0 spiro atoms. The number of rotatable bonds is 3. The summed E-state index contributed by atoms with van der Waals surface area (Å²) < 4.78 is 0. The van der Waals surface area contributed by atoms with Gasteiger partial charge in [-0.3, -0.25) is 9.59 Å². The van der Waals surface area contributed by atoms with E-state index in [2.05, 4.69) is 26.1 Å². The van der Waals surface area contributed by atoms with Crippen molar-refractivity contribution in [2.45, 2.75) is 53.4 Å². The van der Waals surface area contributed by atoms with Crippen LogP contribution in [0, 0.1) is 16.2 Å². The number of ketones is 1. The average molecular weight is 299 g/mol. The Kier molecular flexibility index (Phi) is 3.24. The number of hydrogen-bond acceptors (Lipinski definition) is 2. The lowest BCUT2D eigenvalue weighted by atomic mass is 9.64. The molecule has 118 valence electrons. The van der Waals surface area contributed by atoms with Crippen molar-refractivity contribution in [3.63, 3.8) is 0 Å². The molecule has 1 aromatic carbocycles. The van der Waals surface area contributed by atoms with Crippen LogP contribution in [0.1, 0.15) is 52.5 Å². The van der Waals surface area contributed by atoms with E-state index in [1.165, 1.54) is 5.56 Å². The number of anilines is 1. The van der Waals surface area contributed by atoms with Crippen molar-refractivity contribution in [3.8, 4) is 0 Å². The van der Waals surface area contributed by atoms with E-state index in [1.54, 1.807) is 0 Å². The van der Waals surface area contributed by atoms with E-state index in [1.807, 2.05) is 31.2 Å². The van der Waals surface area contributed by atoms with Gasteiger partial charge in [0, 0.05) is 17.5 Å². The summed E-state index contributed by atoms with van der Waals surface area (Å²) >= 11 is 0. The third-order valence-corrected chi connectivity index (χ3v) is 6.76. The molecule has 2 bridgehead atoms. The van der Waals surface area contributed by atoms with Crippen LogP contribution < -0.4 is 5.32 Å². The van der Waals surface area contributed by atoms with Gasteiger partial charge in [0.05, 0.1) is 5.41 Å². The first kappa shape index (κ1) is 15.3. The van der Waals surface area contributed by atoms with Crippen LogP contribution >= 0.6 is 0 Å². The average Bonchev–Trinajstić information content (AvgIpc) is 2.78. The van der Waals surface area contributed by atoms with Gasteiger partial charge in [0.15, 0.2) is 0 Å². The molecule has 2 aliphatic carbocycles. The molecule has 3 nitrogen and oxygen atoms in total. The lowest BCUT2D eigenvalue weighted by Gasteiger charge is -2.38. The summed E-state index contributed by atoms with van der Waals surface area (Å²) in [6.07, 6.45) is 3.00. The van der Waals surface area contributed by atoms with Crippen LogP contribution in [0.5, 0.6) is 0 Å². The van der Waals surface area contributed by atoms with Gasteiger partial charge >= 0.3 is 0 Å². The van der Waals surface area contributed by atoms with Crippen molar-refractivity contribution in [1.29, 1.82) is 0 Å². The van der Waals surface area contributed by atoms with Gasteiger partial charge in [-0.05, 0) is 42.4 Å². The van der Waals surface area contributed by atoms with E-state index < -0.39 is 5.41 Å². The third kappa shape index (κ3) is 1.74. The van der Waals surface area contributed by atoms with E-state index in [0.29, 0.717) is 6.42 Å². The summed E-state index contributed by atoms with van der Waals surface area (Å²) in [4.78, 5) is 25.4. The molecule has 22 heavy (non-hydrogen) atoms. The smallest absolute Gasteiger partial charge is 0.231 e. The van der Waals surface area contributed by atoms with Gasteiger partial charge in [0.1, 0.15) is 5.78 Å². The molecule has 0 aromatic heterocycles. The summed E-state index contributed by atoms with van der Waals surface area (Å²) in [5.41, 5.74) is 0.879. The monoisotopic (exact) mass is 299 g/mol. The minimum Gasteiger partial charge on any atom is -0.326 e. The second kappa shape index (κ2) is 4.68. The summed E-state index contributed by atoms with van der Waals surface area (Å²) in [7, 11) is 0. The molecule has 0 heterocycles. The van der Waals surface area contributed by atoms with Crippen LogP contribution in [0.3, 0.4) is 0 Å². The Bertz CT molecular complexity index is 631. The Morgan fingerprint density at radius 2 is 1.77 bits per heavy atom. The Balaban J connectivity index is 1.87. The SMILES string of the molecule is CCc1ccc(NC(=O)[C@]23CC[C@](C)(C(=O)C2)C3(C)C)cc1. The van der Waals surface area contributed by atoms with Crippen LogP contribution in [0.15, 0.2) is 24.3 Å². The van der Waals surface area contributed by atoms with Crippen molar-refractivity contribution in [2.75, 3.05) is 5.32 Å². The summed E-state index contributed by atoms with van der Waals surface area (Å²) in [5, 5.41) is 3.06. The highest BCUT2D eigenvalue weighted by Gasteiger charge is 2.72. The summed E-state index contributed by atoms with van der Waals surface area (Å²) in [6.45, 7) is 8.32. The van der Waals surface area contributed by atoms with Gasteiger partial charge in [-0.1, -0.05) is 39.8 Å². The number of benzene rings is 1. The molecule has 2 saturated carbocycles. The standard InChI is InChI=1S/C19H25NO2/c1-5-13-6-8-14(9-7-13)20-16(22)19-11-10-18(4,15(21)12-19)17(19,2)3/h6-9H,5,10-12H2,1-4H3,(H,20,22)/t18-,19+/m1/s1. The highest BCUT2D eigenvalue weighted by molar-refractivity contribution is 6.04. The number of nitrogens with one attached hydrogen (secondary N) is 1. The molecule has 0 saturated heterocycles. The molecule has 1 amide bonds. The second-order valence-electron chi connectivity index (χ2n) is 7.64. The maximum absolute atomic E-state index is 13.0. The number of aryl methyl sites for hydroxylation is 1. The van der Waals surface area contributed by atoms with Crippen LogP contribution in [-0.2, 0) is 16.0 Å². The van der Waals surface area contributed by atoms with E-state index in [4.69, 9.17) is 0 Å². The molecule has 2 aliphatic rings. The number of fused-ring (bicyclic) bond motifs is 2. The van der Waals surface area contributed by atoms with Crippen molar-refractivity contribution in [3.05, 3.63) is 29.8 Å². The van der Waals surface area contributed by atoms with E-state index in [9.17, 15) is 9.59 Å². The highest BCUT2D eigenvalue weighted by atomic mass is 16.2. The molecular weight excluding hydrogens is 274 g/mol. The van der Waals surface area contributed by atoms with Crippen molar-refractivity contribution < 1.29 is 9.59 Å². The zero-order valence-electron chi connectivity index (χ0n) is 14.0. The predicted molar refractivity (Wildman–Crippen MR) is 87.6 cm³/mol. The minimum absolute atomic E-state index is 0.0105. The van der Waals surface area contributed by atoms with E-state index in [-0.39, 0.29) is 22.5 Å². The Hall–Kier alpha value is -1.64. The molecule has 0 aliphatic heterocycles. The number of carbonyl (C=O) groups is 2. The van der Waals surface area contributed by atoms with Crippen LogP contribution in [0.4, 0.5) is 5.69 Å². The minimum atomic E-state index is -0.553. The first-order valence-corrected chi connectivity index (χ1v) is 8.20. The molecule has 3 rings (SSSR count). The Labute approximate surface area is 132 Å². The summed E-state index contributed by atoms with van der Waals surface area (Å²) in [5.74, 6) is 0.261. The molecule has 2 atom stereocenters. The Morgan fingerprint density at radius 1 is 1.14 bits per heavy atom. The topological polar surface area (TPSA) is 46.2 Å². The number of amides is 1. The highest BCUT2D eigenvalue weighted by Crippen LogP contribution is 2.70. The van der Waals surface area contributed by atoms with Gasteiger partial charge in [-0.15, -0.1) is 0 Å². The lowest BCUT2D eigenvalue weighted by Crippen LogP contribution is -2.43. The van der Waals surface area contributed by atoms with Crippen LogP contribution in [0.2, 0.25) is 0 Å². The van der Waals surface area contributed by atoms with E-state index in [0.717, 1.165) is 24.9 Å². The molecular formula is C19H25NO2.